The number of rotatable bonds is 4. The van der Waals surface area contributed by atoms with Gasteiger partial charge in [0.1, 0.15) is 5.75 Å². The lowest BCUT2D eigenvalue weighted by molar-refractivity contribution is 0.0517. The van der Waals surface area contributed by atoms with E-state index in [2.05, 4.69) is 11.2 Å². The van der Waals surface area contributed by atoms with E-state index in [0.29, 0.717) is 12.3 Å². The number of carbonyl (C=O) groups excluding carboxylic acids is 1. The van der Waals surface area contributed by atoms with Crippen molar-refractivity contribution >= 4 is 5.97 Å². The summed E-state index contributed by atoms with van der Waals surface area (Å²) in [6.07, 6.45) is 1.62. The Morgan fingerprint density at radius 1 is 1.15 bits per heavy atom. The van der Waals surface area contributed by atoms with Crippen molar-refractivity contribution < 1.29 is 14.3 Å². The summed E-state index contributed by atoms with van der Waals surface area (Å²) in [4.78, 5) is 12.5. The van der Waals surface area contributed by atoms with E-state index < -0.39 is 0 Å². The summed E-state index contributed by atoms with van der Waals surface area (Å²) in [5, 5.41) is 4.64. The Kier molecular flexibility index (Phi) is 4.21. The van der Waals surface area contributed by atoms with Crippen LogP contribution in [0.3, 0.4) is 0 Å². The second kappa shape index (κ2) is 6.67. The Labute approximate surface area is 152 Å². The van der Waals surface area contributed by atoms with Gasteiger partial charge < -0.3 is 9.47 Å². The molecule has 132 valence electrons. The molecule has 0 aliphatic heterocycles. The van der Waals surface area contributed by atoms with E-state index in [0.717, 1.165) is 41.1 Å². The fourth-order valence-corrected chi connectivity index (χ4v) is 3.46. The third kappa shape index (κ3) is 2.65. The maximum Gasteiger partial charge on any atom is 0.359 e. The summed E-state index contributed by atoms with van der Waals surface area (Å²) < 4.78 is 12.5. The average Bonchev–Trinajstić information content (AvgIpc) is 3.08. The molecule has 0 spiro atoms. The molecule has 1 heterocycles. The summed E-state index contributed by atoms with van der Waals surface area (Å²) in [6.45, 7) is 2.13. The predicted octanol–water partition coefficient (Wildman–Crippen LogP) is 3.82. The maximum atomic E-state index is 12.5. The number of aryl methyl sites for hydroxylation is 1. The minimum atomic E-state index is -0.371. The third-order valence-electron chi connectivity index (χ3n) is 4.67. The number of esters is 1. The van der Waals surface area contributed by atoms with Gasteiger partial charge in [0.15, 0.2) is 5.69 Å². The van der Waals surface area contributed by atoms with Crippen LogP contribution in [-0.2, 0) is 17.6 Å². The Morgan fingerprint density at radius 2 is 1.96 bits per heavy atom. The van der Waals surface area contributed by atoms with Crippen molar-refractivity contribution in [3.63, 3.8) is 0 Å². The number of carbonyl (C=O) groups is 1. The molecular weight excluding hydrogens is 328 g/mol. The van der Waals surface area contributed by atoms with Gasteiger partial charge in [0.2, 0.25) is 0 Å². The molecule has 0 N–H and O–H groups in total. The monoisotopic (exact) mass is 348 g/mol. The Balaban J connectivity index is 1.97. The SMILES string of the molecule is CCOC(=O)c1nn(-c2ccccc2)c2c1CCc1ccc(OC)cc1-2. The van der Waals surface area contributed by atoms with Crippen molar-refractivity contribution in [2.75, 3.05) is 13.7 Å². The zero-order valence-corrected chi connectivity index (χ0v) is 14.9. The predicted molar refractivity (Wildman–Crippen MR) is 98.9 cm³/mol. The molecule has 0 bridgehead atoms. The van der Waals surface area contributed by atoms with Gasteiger partial charge >= 0.3 is 5.97 Å². The van der Waals surface area contributed by atoms with Crippen molar-refractivity contribution in [2.24, 2.45) is 0 Å². The van der Waals surface area contributed by atoms with Crippen LogP contribution < -0.4 is 4.74 Å². The minimum absolute atomic E-state index is 0.330. The van der Waals surface area contributed by atoms with Crippen molar-refractivity contribution in [1.82, 2.24) is 9.78 Å². The van der Waals surface area contributed by atoms with Crippen LogP contribution in [0.2, 0.25) is 0 Å². The molecule has 0 radical (unpaired) electrons. The van der Waals surface area contributed by atoms with E-state index in [-0.39, 0.29) is 5.97 Å². The number of hydrogen-bond donors (Lipinski definition) is 0. The van der Waals surface area contributed by atoms with E-state index in [1.54, 1.807) is 14.0 Å². The van der Waals surface area contributed by atoms with Gasteiger partial charge in [-0.1, -0.05) is 24.3 Å². The first-order valence-electron chi connectivity index (χ1n) is 8.74. The van der Waals surface area contributed by atoms with E-state index in [1.807, 2.05) is 47.1 Å². The topological polar surface area (TPSA) is 53.3 Å². The van der Waals surface area contributed by atoms with Crippen LogP contribution in [0.4, 0.5) is 0 Å². The van der Waals surface area contributed by atoms with Crippen LogP contribution in [0.1, 0.15) is 28.5 Å². The van der Waals surface area contributed by atoms with Gasteiger partial charge in [-0.15, -0.1) is 0 Å². The van der Waals surface area contributed by atoms with Gasteiger partial charge in [-0.2, -0.15) is 5.10 Å². The fraction of sp³-hybridized carbons (Fsp3) is 0.238. The smallest absolute Gasteiger partial charge is 0.359 e. The van der Waals surface area contributed by atoms with Gasteiger partial charge in [0.25, 0.3) is 0 Å². The number of ether oxygens (including phenoxy) is 2. The van der Waals surface area contributed by atoms with E-state index in [1.165, 1.54) is 5.56 Å². The zero-order valence-electron chi connectivity index (χ0n) is 14.9. The molecule has 2 aromatic carbocycles. The molecule has 1 aliphatic rings. The van der Waals surface area contributed by atoms with Gasteiger partial charge in [-0.05, 0) is 49.6 Å². The first-order valence-corrected chi connectivity index (χ1v) is 8.74. The Morgan fingerprint density at radius 3 is 2.69 bits per heavy atom. The third-order valence-corrected chi connectivity index (χ3v) is 4.67. The Bertz CT molecular complexity index is 961. The normalized spacial score (nSPS) is 12.2. The van der Waals surface area contributed by atoms with Crippen molar-refractivity contribution in [3.05, 3.63) is 65.4 Å². The fourth-order valence-electron chi connectivity index (χ4n) is 3.46. The molecule has 3 aromatic rings. The van der Waals surface area contributed by atoms with Gasteiger partial charge in [0, 0.05) is 11.1 Å². The van der Waals surface area contributed by atoms with Crippen LogP contribution in [0.5, 0.6) is 5.75 Å². The second-order valence-electron chi connectivity index (χ2n) is 6.17. The summed E-state index contributed by atoms with van der Waals surface area (Å²) in [5.74, 6) is 0.417. The number of aromatic nitrogens is 2. The number of methoxy groups -OCH3 is 1. The highest BCUT2D eigenvalue weighted by atomic mass is 16.5. The summed E-state index contributed by atoms with van der Waals surface area (Å²) in [5.41, 5.74) is 5.48. The molecule has 0 saturated heterocycles. The standard InChI is InChI=1S/C21H20N2O3/c1-3-26-21(24)19-17-12-10-14-9-11-16(25-2)13-18(14)20(17)23(22-19)15-7-5-4-6-8-15/h4-9,11,13H,3,10,12H2,1-2H3. The molecule has 1 aliphatic carbocycles. The lowest BCUT2D eigenvalue weighted by Gasteiger charge is -2.19. The van der Waals surface area contributed by atoms with Crippen LogP contribution in [0, 0.1) is 0 Å². The van der Waals surface area contributed by atoms with Crippen LogP contribution in [0.25, 0.3) is 16.9 Å². The van der Waals surface area contributed by atoms with E-state index in [9.17, 15) is 4.79 Å². The molecule has 4 rings (SSSR count). The molecule has 5 heteroatoms. The first kappa shape index (κ1) is 16.4. The highest BCUT2D eigenvalue weighted by molar-refractivity contribution is 5.92. The van der Waals surface area contributed by atoms with Crippen LogP contribution in [0.15, 0.2) is 48.5 Å². The van der Waals surface area contributed by atoms with E-state index in [4.69, 9.17) is 9.47 Å². The quantitative estimate of drug-likeness (QED) is 0.673. The highest BCUT2D eigenvalue weighted by Gasteiger charge is 2.29. The number of para-hydroxylation sites is 1. The number of hydrogen-bond acceptors (Lipinski definition) is 4. The van der Waals surface area contributed by atoms with Crippen LogP contribution in [-0.4, -0.2) is 29.5 Å². The summed E-state index contributed by atoms with van der Waals surface area (Å²) >= 11 is 0. The molecule has 1 aromatic heterocycles. The van der Waals surface area contributed by atoms with Gasteiger partial charge in [0.05, 0.1) is 25.1 Å². The molecule has 0 saturated carbocycles. The Hall–Kier alpha value is -3.08. The number of fused-ring (bicyclic) bond motifs is 3. The molecule has 0 amide bonds. The first-order chi connectivity index (χ1) is 12.7. The minimum Gasteiger partial charge on any atom is -0.497 e. The van der Waals surface area contributed by atoms with Crippen molar-refractivity contribution in [2.45, 2.75) is 19.8 Å². The van der Waals surface area contributed by atoms with Gasteiger partial charge in [-0.25, -0.2) is 9.48 Å². The van der Waals surface area contributed by atoms with Crippen LogP contribution >= 0.6 is 0 Å². The summed E-state index contributed by atoms with van der Waals surface area (Å²) in [6, 6.07) is 15.9. The van der Waals surface area contributed by atoms with Crippen molar-refractivity contribution in [3.8, 4) is 22.7 Å². The molecule has 0 unspecified atom stereocenters. The highest BCUT2D eigenvalue weighted by Crippen LogP contribution is 2.38. The molecule has 0 fully saturated rings. The number of nitrogens with zero attached hydrogens (tertiary/aromatic N) is 2. The lowest BCUT2D eigenvalue weighted by Crippen LogP contribution is -2.11. The second-order valence-corrected chi connectivity index (χ2v) is 6.17. The van der Waals surface area contributed by atoms with Gasteiger partial charge in [-0.3, -0.25) is 0 Å². The summed E-state index contributed by atoms with van der Waals surface area (Å²) in [7, 11) is 1.66. The number of benzene rings is 2. The maximum absolute atomic E-state index is 12.5. The average molecular weight is 348 g/mol. The largest absolute Gasteiger partial charge is 0.497 e. The van der Waals surface area contributed by atoms with Crippen molar-refractivity contribution in [1.29, 1.82) is 0 Å². The van der Waals surface area contributed by atoms with E-state index >= 15 is 0 Å². The zero-order chi connectivity index (χ0) is 18.1. The molecule has 5 nitrogen and oxygen atoms in total. The molecule has 0 atom stereocenters. The lowest BCUT2D eigenvalue weighted by atomic mass is 9.88. The molecule has 26 heavy (non-hydrogen) atoms. The molecular formula is C21H20N2O3.